The summed E-state index contributed by atoms with van der Waals surface area (Å²) in [6.07, 6.45) is 0. The van der Waals surface area contributed by atoms with Crippen LogP contribution in [-0.2, 0) is 13.1 Å². The van der Waals surface area contributed by atoms with Crippen LogP contribution in [0.15, 0.2) is 21.7 Å². The Bertz CT molecular complexity index is 1090. The lowest BCUT2D eigenvalue weighted by atomic mass is 10.2. The molecule has 2 aromatic heterocycles. The van der Waals surface area contributed by atoms with Crippen LogP contribution in [0.2, 0.25) is 0 Å². The number of ether oxygens (including phenoxy) is 1. The van der Waals surface area contributed by atoms with Gasteiger partial charge in [0.15, 0.2) is 0 Å². The molecule has 1 aliphatic heterocycles. The minimum atomic E-state index is -0.447. The number of rotatable bonds is 1. The average molecular weight is 296 g/mol. The van der Waals surface area contributed by atoms with Gasteiger partial charge in [0.25, 0.3) is 17.1 Å². The van der Waals surface area contributed by atoms with Gasteiger partial charge < -0.3 is 4.74 Å². The number of aromatic nitrogens is 5. The summed E-state index contributed by atoms with van der Waals surface area (Å²) in [7, 11) is 0. The molecular weight excluding hydrogens is 288 g/mol. The van der Waals surface area contributed by atoms with Gasteiger partial charge in [-0.1, -0.05) is 5.21 Å². The van der Waals surface area contributed by atoms with Gasteiger partial charge in [0, 0.05) is 0 Å². The fourth-order valence-electron chi connectivity index (χ4n) is 2.48. The second kappa shape index (κ2) is 4.36. The summed E-state index contributed by atoms with van der Waals surface area (Å²) < 4.78 is 7.70. The Kier molecular flexibility index (Phi) is 2.47. The third kappa shape index (κ3) is 1.61. The molecule has 0 unspecified atom stereocenters. The van der Waals surface area contributed by atoms with Crippen LogP contribution in [-0.4, -0.2) is 31.2 Å². The lowest BCUT2D eigenvalue weighted by Gasteiger charge is -2.05. The van der Waals surface area contributed by atoms with Crippen molar-refractivity contribution in [2.45, 2.75) is 13.1 Å². The van der Waals surface area contributed by atoms with Crippen LogP contribution in [0.4, 0.5) is 0 Å². The first-order valence-electron chi connectivity index (χ1n) is 6.51. The van der Waals surface area contributed by atoms with E-state index in [4.69, 9.17) is 10.00 Å². The van der Waals surface area contributed by atoms with Gasteiger partial charge in [0.1, 0.15) is 18.7 Å². The minimum absolute atomic E-state index is 0.191. The molecule has 0 aliphatic carbocycles. The zero-order valence-electron chi connectivity index (χ0n) is 11.2. The number of nitrogens with zero attached hydrogens (tertiary/aromatic N) is 6. The van der Waals surface area contributed by atoms with Gasteiger partial charge in [-0.05, 0) is 12.1 Å². The van der Waals surface area contributed by atoms with Crippen molar-refractivity contribution in [2.75, 3.05) is 6.61 Å². The Morgan fingerprint density at radius 1 is 1.23 bits per heavy atom. The van der Waals surface area contributed by atoms with Crippen LogP contribution in [0.25, 0.3) is 21.8 Å². The zero-order chi connectivity index (χ0) is 15.3. The molecule has 0 saturated carbocycles. The number of fused-ring (bicyclic) bond motifs is 3. The molecule has 0 spiro atoms. The van der Waals surface area contributed by atoms with Gasteiger partial charge in [-0.2, -0.15) is 14.9 Å². The van der Waals surface area contributed by atoms with Crippen LogP contribution < -0.4 is 15.9 Å². The molecule has 3 heterocycles. The molecule has 0 atom stereocenters. The van der Waals surface area contributed by atoms with E-state index in [9.17, 15) is 9.59 Å². The third-order valence-electron chi connectivity index (χ3n) is 3.53. The van der Waals surface area contributed by atoms with E-state index in [1.807, 2.05) is 6.07 Å². The molecule has 0 radical (unpaired) electrons. The Morgan fingerprint density at radius 3 is 2.82 bits per heavy atom. The lowest BCUT2D eigenvalue weighted by molar-refractivity contribution is 0.345. The fourth-order valence-corrected chi connectivity index (χ4v) is 2.48. The maximum Gasteiger partial charge on any atom is 0.299 e. The van der Waals surface area contributed by atoms with Crippen molar-refractivity contribution in [3.05, 3.63) is 32.8 Å². The second-order valence-electron chi connectivity index (χ2n) is 4.80. The van der Waals surface area contributed by atoms with Crippen LogP contribution in [0.1, 0.15) is 0 Å². The van der Waals surface area contributed by atoms with E-state index in [1.165, 1.54) is 16.7 Å². The summed E-state index contributed by atoms with van der Waals surface area (Å²) in [5.74, 6) is 0. The van der Waals surface area contributed by atoms with Crippen molar-refractivity contribution in [3.8, 4) is 12.1 Å². The fraction of sp³-hybridized carbons (Fsp3) is 0.231. The zero-order valence-corrected chi connectivity index (χ0v) is 11.2. The standard InChI is InChI=1S/C13H8N6O3/c14-1-2-19-12(21)8-5-9-7(6-10(8)16-17-19)11(20)18-3-4-22-13(18)15-9/h5-6H,2-4H2. The summed E-state index contributed by atoms with van der Waals surface area (Å²) in [6, 6.07) is 5.07. The predicted octanol–water partition coefficient (Wildman–Crippen LogP) is -0.583. The summed E-state index contributed by atoms with van der Waals surface area (Å²) in [4.78, 5) is 28.9. The van der Waals surface area contributed by atoms with Crippen molar-refractivity contribution in [2.24, 2.45) is 0 Å². The van der Waals surface area contributed by atoms with E-state index in [1.54, 1.807) is 0 Å². The molecule has 0 N–H and O–H groups in total. The van der Waals surface area contributed by atoms with E-state index in [0.717, 1.165) is 4.68 Å². The van der Waals surface area contributed by atoms with Gasteiger partial charge in [0.2, 0.25) is 0 Å². The molecule has 0 bridgehead atoms. The molecule has 4 rings (SSSR count). The summed E-state index contributed by atoms with van der Waals surface area (Å²) in [6.45, 7) is 0.653. The molecule has 0 fully saturated rings. The van der Waals surface area contributed by atoms with Crippen molar-refractivity contribution in [1.29, 1.82) is 5.26 Å². The highest BCUT2D eigenvalue weighted by molar-refractivity contribution is 5.93. The number of hydrogen-bond donors (Lipinski definition) is 0. The highest BCUT2D eigenvalue weighted by Crippen LogP contribution is 2.19. The molecule has 108 valence electrons. The Hall–Kier alpha value is -3.28. The normalized spacial score (nSPS) is 13.0. The van der Waals surface area contributed by atoms with Crippen molar-refractivity contribution < 1.29 is 4.74 Å². The SMILES string of the molecule is N#CCn1nnc2cc3c(=O)n4c(nc3cc2c1=O)OCC4. The van der Waals surface area contributed by atoms with Gasteiger partial charge in [-0.15, -0.1) is 5.10 Å². The molecule has 1 aromatic carbocycles. The highest BCUT2D eigenvalue weighted by Gasteiger charge is 2.18. The first-order chi connectivity index (χ1) is 10.7. The smallest absolute Gasteiger partial charge is 0.299 e. The first kappa shape index (κ1) is 12.5. The van der Waals surface area contributed by atoms with Crippen molar-refractivity contribution >= 4 is 21.8 Å². The maximum absolute atomic E-state index is 12.4. The second-order valence-corrected chi connectivity index (χ2v) is 4.80. The van der Waals surface area contributed by atoms with E-state index >= 15 is 0 Å². The molecule has 9 nitrogen and oxygen atoms in total. The van der Waals surface area contributed by atoms with Crippen LogP contribution in [0.5, 0.6) is 6.01 Å². The third-order valence-corrected chi connectivity index (χ3v) is 3.53. The molecule has 1 aliphatic rings. The number of hydrogen-bond acceptors (Lipinski definition) is 7. The van der Waals surface area contributed by atoms with E-state index in [0.29, 0.717) is 29.6 Å². The van der Waals surface area contributed by atoms with Gasteiger partial charge in [0.05, 0.1) is 28.9 Å². The highest BCUT2D eigenvalue weighted by atomic mass is 16.5. The average Bonchev–Trinajstić information content (AvgIpc) is 2.98. The Labute approximate surface area is 122 Å². The molecule has 0 amide bonds. The molecule has 22 heavy (non-hydrogen) atoms. The maximum atomic E-state index is 12.4. The lowest BCUT2D eigenvalue weighted by Crippen LogP contribution is -2.24. The van der Waals surface area contributed by atoms with Crippen LogP contribution >= 0.6 is 0 Å². The topological polar surface area (TPSA) is 116 Å². The summed E-state index contributed by atoms with van der Waals surface area (Å²) in [5.41, 5.74) is -0.0246. The van der Waals surface area contributed by atoms with Gasteiger partial charge >= 0.3 is 0 Å². The van der Waals surface area contributed by atoms with Crippen molar-refractivity contribution in [3.63, 3.8) is 0 Å². The number of benzene rings is 1. The van der Waals surface area contributed by atoms with Crippen molar-refractivity contribution in [1.82, 2.24) is 24.5 Å². The predicted molar refractivity (Wildman–Crippen MR) is 74.5 cm³/mol. The minimum Gasteiger partial charge on any atom is -0.463 e. The first-order valence-corrected chi connectivity index (χ1v) is 6.51. The largest absolute Gasteiger partial charge is 0.463 e. The molecule has 3 aromatic rings. The van der Waals surface area contributed by atoms with Gasteiger partial charge in [-0.25, -0.2) is 0 Å². The Morgan fingerprint density at radius 2 is 2.00 bits per heavy atom. The Balaban J connectivity index is 2.11. The monoisotopic (exact) mass is 296 g/mol. The quantitative estimate of drug-likeness (QED) is 0.551. The number of nitriles is 1. The van der Waals surface area contributed by atoms with Crippen LogP contribution in [0, 0.1) is 11.3 Å². The van der Waals surface area contributed by atoms with E-state index in [-0.39, 0.29) is 23.5 Å². The molecular formula is C13H8N6O3. The van der Waals surface area contributed by atoms with Gasteiger partial charge in [-0.3, -0.25) is 14.2 Å². The molecule has 0 saturated heterocycles. The van der Waals surface area contributed by atoms with Crippen LogP contribution in [0.3, 0.4) is 0 Å². The summed E-state index contributed by atoms with van der Waals surface area (Å²) >= 11 is 0. The summed E-state index contributed by atoms with van der Waals surface area (Å²) in [5, 5.41) is 16.9. The van der Waals surface area contributed by atoms with E-state index in [2.05, 4.69) is 15.3 Å². The van der Waals surface area contributed by atoms with E-state index < -0.39 is 5.56 Å². The molecule has 9 heteroatoms.